The number of fused-ring (bicyclic) bond motifs is 6. The van der Waals surface area contributed by atoms with E-state index in [4.69, 9.17) is 23.7 Å². The number of aromatic nitrogens is 3. The third-order valence-electron chi connectivity index (χ3n) is 7.62. The molecule has 3 nitrogen and oxygen atoms in total. The molecule has 0 saturated carbocycles. The van der Waals surface area contributed by atoms with Crippen molar-refractivity contribution < 1.29 is 16.4 Å². The maximum atomic E-state index is 9.35. The summed E-state index contributed by atoms with van der Waals surface area (Å²) in [6.07, 6.45) is 0. The van der Waals surface area contributed by atoms with Gasteiger partial charge in [-0.25, -0.2) is 9.97 Å². The number of benzene rings is 6. The van der Waals surface area contributed by atoms with Gasteiger partial charge in [0.1, 0.15) is 0 Å². The summed E-state index contributed by atoms with van der Waals surface area (Å²) < 4.78 is 109. The normalized spacial score (nSPS) is 15.5. The molecule has 0 spiro atoms. The zero-order valence-electron chi connectivity index (χ0n) is 34.8. The van der Waals surface area contributed by atoms with E-state index >= 15 is 0 Å². The average molecular weight is 592 g/mol. The number of nitrogens with zero attached hydrogens (tertiary/aromatic N) is 3. The van der Waals surface area contributed by atoms with Crippen LogP contribution in [0.1, 0.15) is 16.4 Å². The van der Waals surface area contributed by atoms with Gasteiger partial charge in [0.2, 0.25) is 0 Å². The molecule has 206 valence electrons. The van der Waals surface area contributed by atoms with Gasteiger partial charge in [-0.3, -0.25) is 0 Å². The van der Waals surface area contributed by atoms with Crippen LogP contribution in [0, 0.1) is 0 Å². The SMILES string of the molecule is [2H]c1c([2H])c([2H])c(-n2c3c([2H])c([2H])c([2H])c([2H])c3c3c(-c4cc(-c5ccc6sc7ccccc7c6c5)nc(-c5ccccc5)n4)c([2H])c([2H])c([2H])c32)c([2H])c1[2H]. The van der Waals surface area contributed by atoms with Gasteiger partial charge >= 0.3 is 0 Å². The van der Waals surface area contributed by atoms with Gasteiger partial charge in [-0.1, -0.05) is 103 Å². The van der Waals surface area contributed by atoms with Crippen molar-refractivity contribution in [1.82, 2.24) is 14.5 Å². The largest absolute Gasteiger partial charge is 0.309 e. The third kappa shape index (κ3) is 3.96. The Hall–Kier alpha value is -5.58. The molecule has 0 fully saturated rings. The number of para-hydroxylation sites is 2. The van der Waals surface area contributed by atoms with Crippen molar-refractivity contribution in [2.75, 3.05) is 0 Å². The number of thiophene rings is 1. The Morgan fingerprint density at radius 3 is 2.20 bits per heavy atom. The van der Waals surface area contributed by atoms with Crippen LogP contribution in [0.3, 0.4) is 0 Å². The predicted octanol–water partition coefficient (Wildman–Crippen LogP) is 10.9. The van der Waals surface area contributed by atoms with Crippen LogP contribution in [0.5, 0.6) is 0 Å². The van der Waals surface area contributed by atoms with Crippen molar-refractivity contribution in [2.24, 2.45) is 0 Å². The molecule has 6 aromatic carbocycles. The molecule has 3 aromatic heterocycles. The van der Waals surface area contributed by atoms with Gasteiger partial charge in [-0.2, -0.15) is 0 Å². The second kappa shape index (κ2) is 10.0. The van der Waals surface area contributed by atoms with Gasteiger partial charge in [0.25, 0.3) is 0 Å². The van der Waals surface area contributed by atoms with Gasteiger partial charge in [-0.15, -0.1) is 11.3 Å². The molecule has 3 heterocycles. The van der Waals surface area contributed by atoms with Crippen molar-refractivity contribution in [3.8, 4) is 39.6 Å². The van der Waals surface area contributed by atoms with Crippen LogP contribution >= 0.6 is 11.3 Å². The van der Waals surface area contributed by atoms with E-state index in [1.807, 2.05) is 66.7 Å². The van der Waals surface area contributed by atoms with Crippen LogP contribution in [0.25, 0.3) is 81.6 Å². The maximum absolute atomic E-state index is 9.35. The lowest BCUT2D eigenvalue weighted by atomic mass is 10.0. The quantitative estimate of drug-likeness (QED) is 0.204. The zero-order chi connectivity index (χ0) is 39.5. The summed E-state index contributed by atoms with van der Waals surface area (Å²) in [5.41, 5.74) is 0.873. The van der Waals surface area contributed by atoms with E-state index in [-0.39, 0.29) is 38.9 Å². The molecule has 0 aliphatic carbocycles. The first-order valence-corrected chi connectivity index (χ1v) is 14.6. The molecule has 0 aliphatic rings. The second-order valence-electron chi connectivity index (χ2n) is 10.1. The zero-order valence-corrected chi connectivity index (χ0v) is 23.6. The number of hydrogen-bond acceptors (Lipinski definition) is 3. The van der Waals surface area contributed by atoms with Crippen molar-refractivity contribution in [3.05, 3.63) is 151 Å². The minimum atomic E-state index is -0.699. The van der Waals surface area contributed by atoms with Gasteiger partial charge < -0.3 is 4.57 Å². The van der Waals surface area contributed by atoms with E-state index in [1.54, 1.807) is 17.4 Å². The summed E-state index contributed by atoms with van der Waals surface area (Å²) in [7, 11) is 0. The molecule has 9 rings (SSSR count). The second-order valence-corrected chi connectivity index (χ2v) is 11.2. The highest BCUT2D eigenvalue weighted by atomic mass is 32.1. The Balaban J connectivity index is 1.47. The van der Waals surface area contributed by atoms with Gasteiger partial charge in [0.15, 0.2) is 5.82 Å². The lowest BCUT2D eigenvalue weighted by Gasteiger charge is -2.11. The molecular formula is C40H25N3S. The van der Waals surface area contributed by atoms with Gasteiger partial charge in [-0.05, 0) is 48.4 Å². The molecule has 0 aliphatic heterocycles. The van der Waals surface area contributed by atoms with Crippen LogP contribution in [0.2, 0.25) is 0 Å². The Morgan fingerprint density at radius 2 is 1.30 bits per heavy atom. The first-order chi connectivity index (χ1) is 26.8. The minimum Gasteiger partial charge on any atom is -0.309 e. The molecule has 0 radical (unpaired) electrons. The van der Waals surface area contributed by atoms with E-state index in [1.165, 1.54) is 0 Å². The van der Waals surface area contributed by atoms with E-state index in [9.17, 15) is 2.74 Å². The lowest BCUT2D eigenvalue weighted by molar-refractivity contribution is 1.18. The molecule has 4 heteroatoms. The van der Waals surface area contributed by atoms with Crippen LogP contribution in [0.15, 0.2) is 151 Å². The lowest BCUT2D eigenvalue weighted by Crippen LogP contribution is -1.96. The highest BCUT2D eigenvalue weighted by molar-refractivity contribution is 7.25. The summed E-state index contributed by atoms with van der Waals surface area (Å²) in [6, 6.07) is 17.3. The number of rotatable bonds is 4. The van der Waals surface area contributed by atoms with Crippen LogP contribution in [-0.4, -0.2) is 14.5 Å². The highest BCUT2D eigenvalue weighted by Gasteiger charge is 2.18. The van der Waals surface area contributed by atoms with E-state index in [0.717, 1.165) is 30.3 Å². The average Bonchev–Trinajstić information content (AvgIpc) is 3.76. The van der Waals surface area contributed by atoms with Crippen LogP contribution < -0.4 is 0 Å². The molecule has 0 N–H and O–H groups in total. The van der Waals surface area contributed by atoms with Crippen molar-refractivity contribution in [2.45, 2.75) is 0 Å². The Morgan fingerprint density at radius 1 is 0.545 bits per heavy atom. The predicted molar refractivity (Wildman–Crippen MR) is 186 cm³/mol. The molecule has 0 unspecified atom stereocenters. The van der Waals surface area contributed by atoms with Crippen molar-refractivity contribution in [3.63, 3.8) is 0 Å². The molecule has 44 heavy (non-hydrogen) atoms. The van der Waals surface area contributed by atoms with Crippen LogP contribution in [0.4, 0.5) is 0 Å². The van der Waals surface area contributed by atoms with Crippen LogP contribution in [-0.2, 0) is 0 Å². The Labute approximate surface area is 275 Å². The third-order valence-corrected chi connectivity index (χ3v) is 8.77. The maximum Gasteiger partial charge on any atom is 0.160 e. The van der Waals surface area contributed by atoms with E-state index in [0.29, 0.717) is 11.3 Å². The molecule has 0 bridgehead atoms. The topological polar surface area (TPSA) is 30.7 Å². The first kappa shape index (κ1) is 15.8. The standard InChI is InChI=1S/C40H25N3S/c1-3-12-26(13-4-1)40-41-33(27-22-23-38-32(24-27)29-16-8-10-21-37(29)44-38)25-34(42-40)30-18-11-20-36-39(30)31-17-7-9-19-35(31)43(36)28-14-5-2-6-15-28/h1-25H/i2D,5D,6D,7D,9D,11D,14D,15D,17D,18D,19D,20D. The highest BCUT2D eigenvalue weighted by Crippen LogP contribution is 2.40. The molecule has 9 aromatic rings. The number of hydrogen-bond donors (Lipinski definition) is 0. The molecular weight excluding hydrogens is 555 g/mol. The summed E-state index contributed by atoms with van der Waals surface area (Å²) in [5.74, 6) is 0.263. The summed E-state index contributed by atoms with van der Waals surface area (Å²) in [5, 5.41) is 1.86. The Kier molecular flexibility index (Phi) is 3.59. The van der Waals surface area contributed by atoms with Crippen molar-refractivity contribution in [1.29, 1.82) is 0 Å². The fraction of sp³-hybridized carbons (Fsp3) is 0. The Bertz CT molecular complexity index is 3150. The van der Waals surface area contributed by atoms with Gasteiger partial charge in [0.05, 0.1) is 38.9 Å². The summed E-state index contributed by atoms with van der Waals surface area (Å²) >= 11 is 1.66. The van der Waals surface area contributed by atoms with Crippen molar-refractivity contribution >= 4 is 53.3 Å². The molecule has 0 amide bonds. The fourth-order valence-electron chi connectivity index (χ4n) is 5.67. The summed E-state index contributed by atoms with van der Waals surface area (Å²) in [6.45, 7) is 0. The fourth-order valence-corrected chi connectivity index (χ4v) is 6.76. The smallest absolute Gasteiger partial charge is 0.160 e. The minimum absolute atomic E-state index is 0.0509. The molecule has 0 atom stereocenters. The van der Waals surface area contributed by atoms with Gasteiger partial charge in [0, 0.05) is 53.3 Å². The molecule has 0 saturated heterocycles. The van der Waals surface area contributed by atoms with E-state index in [2.05, 4.69) is 6.07 Å². The summed E-state index contributed by atoms with van der Waals surface area (Å²) in [4.78, 5) is 9.86. The monoisotopic (exact) mass is 591 g/mol. The van der Waals surface area contributed by atoms with E-state index < -0.39 is 78.2 Å². The first-order valence-electron chi connectivity index (χ1n) is 19.8.